The fourth-order valence-electron chi connectivity index (χ4n) is 3.91. The zero-order valence-corrected chi connectivity index (χ0v) is 17.6. The van der Waals surface area contributed by atoms with Crippen molar-refractivity contribution in [1.82, 2.24) is 9.88 Å². The van der Waals surface area contributed by atoms with Gasteiger partial charge in [0.05, 0.1) is 17.7 Å². The topological polar surface area (TPSA) is 79.7 Å². The van der Waals surface area contributed by atoms with Crippen LogP contribution in [-0.4, -0.2) is 45.9 Å². The van der Waals surface area contributed by atoms with Crippen LogP contribution < -0.4 is 0 Å². The van der Waals surface area contributed by atoms with Gasteiger partial charge in [-0.05, 0) is 49.1 Å². The number of carbonyl (C=O) groups excluding carboxylic acids is 2. The molecule has 2 aliphatic heterocycles. The van der Waals surface area contributed by atoms with Gasteiger partial charge in [-0.3, -0.25) is 14.6 Å². The summed E-state index contributed by atoms with van der Waals surface area (Å²) in [5.74, 6) is -1.48. The second kappa shape index (κ2) is 8.08. The first-order valence-corrected chi connectivity index (χ1v) is 10.3. The van der Waals surface area contributed by atoms with Crippen LogP contribution in [-0.2, 0) is 14.3 Å². The number of amides is 1. The van der Waals surface area contributed by atoms with E-state index < -0.39 is 17.7 Å². The minimum Gasteiger partial charge on any atom is -0.507 e. The van der Waals surface area contributed by atoms with Crippen LogP contribution in [0.5, 0.6) is 0 Å². The van der Waals surface area contributed by atoms with E-state index in [1.54, 1.807) is 30.6 Å². The van der Waals surface area contributed by atoms with E-state index in [0.29, 0.717) is 24.3 Å². The van der Waals surface area contributed by atoms with Gasteiger partial charge in [-0.15, -0.1) is 0 Å². The summed E-state index contributed by atoms with van der Waals surface area (Å²) in [6.07, 6.45) is 4.92. The van der Waals surface area contributed by atoms with Crippen molar-refractivity contribution in [3.8, 4) is 0 Å². The molecule has 2 saturated heterocycles. The van der Waals surface area contributed by atoms with E-state index in [2.05, 4.69) is 20.9 Å². The highest BCUT2D eigenvalue weighted by molar-refractivity contribution is 9.10. The number of aromatic nitrogens is 1. The van der Waals surface area contributed by atoms with Crippen molar-refractivity contribution in [2.24, 2.45) is 0 Å². The fraction of sp³-hybridized carbons (Fsp3) is 0.318. The number of rotatable bonds is 4. The van der Waals surface area contributed by atoms with Gasteiger partial charge in [0.2, 0.25) is 0 Å². The summed E-state index contributed by atoms with van der Waals surface area (Å²) in [4.78, 5) is 31.5. The minimum atomic E-state index is -0.697. The van der Waals surface area contributed by atoms with Crippen LogP contribution in [0.25, 0.3) is 5.76 Å². The number of Topliss-reactive ketones (excluding diaryl/α,β-unsaturated/α-hetero) is 1. The predicted molar refractivity (Wildman–Crippen MR) is 111 cm³/mol. The lowest BCUT2D eigenvalue weighted by Gasteiger charge is -2.27. The molecule has 29 heavy (non-hydrogen) atoms. The van der Waals surface area contributed by atoms with Gasteiger partial charge >= 0.3 is 0 Å². The number of likely N-dealkylation sites (tertiary alicyclic amines) is 1. The molecule has 1 amide bonds. The van der Waals surface area contributed by atoms with Crippen LogP contribution in [0.3, 0.4) is 0 Å². The molecule has 2 fully saturated rings. The number of pyridine rings is 1. The third kappa shape index (κ3) is 3.72. The van der Waals surface area contributed by atoms with E-state index in [0.717, 1.165) is 22.9 Å². The summed E-state index contributed by atoms with van der Waals surface area (Å²) in [6, 6.07) is 8.19. The Morgan fingerprint density at radius 1 is 1.34 bits per heavy atom. The van der Waals surface area contributed by atoms with Crippen LogP contribution >= 0.6 is 15.9 Å². The van der Waals surface area contributed by atoms with Crippen LogP contribution in [0.2, 0.25) is 0 Å². The number of aliphatic hydroxyl groups excluding tert-OH is 1. The largest absolute Gasteiger partial charge is 0.507 e. The van der Waals surface area contributed by atoms with Gasteiger partial charge in [0, 0.05) is 35.6 Å². The number of aliphatic hydroxyl groups is 1. The lowest BCUT2D eigenvalue weighted by molar-refractivity contribution is -0.140. The van der Waals surface area contributed by atoms with Gasteiger partial charge in [-0.25, -0.2) is 0 Å². The monoisotopic (exact) mass is 456 g/mol. The number of carbonyl (C=O) groups is 2. The molecule has 2 unspecified atom stereocenters. The van der Waals surface area contributed by atoms with Gasteiger partial charge in [-0.2, -0.15) is 0 Å². The lowest BCUT2D eigenvalue weighted by atomic mass is 9.95. The van der Waals surface area contributed by atoms with Gasteiger partial charge in [0.25, 0.3) is 11.7 Å². The second-order valence-corrected chi connectivity index (χ2v) is 8.19. The number of nitrogens with zero attached hydrogens (tertiary/aromatic N) is 2. The maximum atomic E-state index is 13.0. The van der Waals surface area contributed by atoms with Crippen LogP contribution in [0.4, 0.5) is 0 Å². The van der Waals surface area contributed by atoms with E-state index in [9.17, 15) is 14.7 Å². The number of aryl methyl sites for hydroxylation is 1. The summed E-state index contributed by atoms with van der Waals surface area (Å²) in [6.45, 7) is 2.86. The number of halogens is 1. The number of benzene rings is 1. The average molecular weight is 457 g/mol. The Bertz CT molecular complexity index is 984. The van der Waals surface area contributed by atoms with Gasteiger partial charge in [0.15, 0.2) is 0 Å². The number of ketones is 1. The summed E-state index contributed by atoms with van der Waals surface area (Å²) >= 11 is 3.44. The standard InChI is InChI=1S/C22H21BrN2O4/c1-13-10-14(6-7-17(13)23)20(26)18-19(15-4-2-8-24-11-15)25(22(28)21(18)27)12-16-5-3-9-29-16/h2,4,6-8,10-11,16,19,26H,3,5,9,12H2,1H3/b20-18-. The fourth-order valence-corrected chi connectivity index (χ4v) is 4.15. The molecule has 0 aliphatic carbocycles. The molecule has 2 atom stereocenters. The highest BCUT2D eigenvalue weighted by Crippen LogP contribution is 2.40. The van der Waals surface area contributed by atoms with E-state index in [-0.39, 0.29) is 17.4 Å². The van der Waals surface area contributed by atoms with Crippen molar-refractivity contribution in [2.75, 3.05) is 13.2 Å². The zero-order chi connectivity index (χ0) is 20.5. The molecule has 0 bridgehead atoms. The molecule has 2 aromatic rings. The molecular formula is C22H21BrN2O4. The first kappa shape index (κ1) is 19.8. The van der Waals surface area contributed by atoms with E-state index in [1.807, 2.05) is 19.1 Å². The molecule has 0 saturated carbocycles. The van der Waals surface area contributed by atoms with Gasteiger partial charge in [-0.1, -0.05) is 28.1 Å². The summed E-state index contributed by atoms with van der Waals surface area (Å²) in [5, 5.41) is 11.0. The number of hydrogen-bond acceptors (Lipinski definition) is 5. The third-order valence-corrected chi connectivity index (χ3v) is 6.29. The Balaban J connectivity index is 1.82. The quantitative estimate of drug-likeness (QED) is 0.430. The molecule has 1 aromatic heterocycles. The van der Waals surface area contributed by atoms with Crippen LogP contribution in [0.1, 0.15) is 35.6 Å². The Morgan fingerprint density at radius 2 is 2.17 bits per heavy atom. The number of ether oxygens (including phenoxy) is 1. The van der Waals surface area contributed by atoms with E-state index in [1.165, 1.54) is 4.90 Å². The maximum absolute atomic E-state index is 13.0. The Hall–Kier alpha value is -2.51. The van der Waals surface area contributed by atoms with Crippen molar-refractivity contribution in [2.45, 2.75) is 31.9 Å². The summed E-state index contributed by atoms with van der Waals surface area (Å²) < 4.78 is 6.59. The average Bonchev–Trinajstić information content (AvgIpc) is 3.32. The first-order valence-electron chi connectivity index (χ1n) is 9.54. The van der Waals surface area contributed by atoms with Crippen molar-refractivity contribution in [1.29, 1.82) is 0 Å². The molecule has 7 heteroatoms. The summed E-state index contributed by atoms with van der Waals surface area (Å²) in [5.41, 5.74) is 2.18. The van der Waals surface area contributed by atoms with E-state index >= 15 is 0 Å². The van der Waals surface area contributed by atoms with Crippen LogP contribution in [0.15, 0.2) is 52.8 Å². The predicted octanol–water partition coefficient (Wildman–Crippen LogP) is 3.75. The van der Waals surface area contributed by atoms with Crippen molar-refractivity contribution < 1.29 is 19.4 Å². The minimum absolute atomic E-state index is 0.0859. The van der Waals surface area contributed by atoms with Crippen molar-refractivity contribution in [3.63, 3.8) is 0 Å². The highest BCUT2D eigenvalue weighted by Gasteiger charge is 2.47. The van der Waals surface area contributed by atoms with Gasteiger partial charge < -0.3 is 14.7 Å². The zero-order valence-electron chi connectivity index (χ0n) is 16.0. The molecule has 150 valence electrons. The first-order chi connectivity index (χ1) is 14.0. The SMILES string of the molecule is Cc1cc(/C(O)=C2/C(=O)C(=O)N(CC3CCCO3)C2c2cccnc2)ccc1Br. The molecule has 3 heterocycles. The van der Waals surface area contributed by atoms with E-state index in [4.69, 9.17) is 4.74 Å². The maximum Gasteiger partial charge on any atom is 0.295 e. The highest BCUT2D eigenvalue weighted by atomic mass is 79.9. The normalized spacial score (nSPS) is 23.7. The molecule has 2 aliphatic rings. The van der Waals surface area contributed by atoms with Crippen molar-refractivity contribution in [3.05, 3.63) is 69.5 Å². The second-order valence-electron chi connectivity index (χ2n) is 7.34. The Morgan fingerprint density at radius 3 is 2.83 bits per heavy atom. The van der Waals surface area contributed by atoms with Gasteiger partial charge in [0.1, 0.15) is 5.76 Å². The molecule has 6 nitrogen and oxygen atoms in total. The lowest BCUT2D eigenvalue weighted by Crippen LogP contribution is -2.36. The third-order valence-electron chi connectivity index (χ3n) is 5.40. The Kier molecular flexibility index (Phi) is 5.52. The molecule has 0 spiro atoms. The number of hydrogen-bond donors (Lipinski definition) is 1. The molecule has 1 aromatic carbocycles. The molecule has 1 N–H and O–H groups in total. The van der Waals surface area contributed by atoms with Crippen LogP contribution in [0, 0.1) is 6.92 Å². The molecule has 0 radical (unpaired) electrons. The molecule has 4 rings (SSSR count). The Labute approximate surface area is 177 Å². The molecular weight excluding hydrogens is 436 g/mol. The smallest absolute Gasteiger partial charge is 0.295 e. The summed E-state index contributed by atoms with van der Waals surface area (Å²) in [7, 11) is 0. The van der Waals surface area contributed by atoms with Crippen molar-refractivity contribution >= 4 is 33.4 Å².